The summed E-state index contributed by atoms with van der Waals surface area (Å²) < 4.78 is 6.10. The van der Waals surface area contributed by atoms with Gasteiger partial charge >= 0.3 is 0 Å². The maximum Gasteiger partial charge on any atom is 0.0992 e. The van der Waals surface area contributed by atoms with Crippen LogP contribution in [0.4, 0.5) is 0 Å². The van der Waals surface area contributed by atoms with Crippen LogP contribution in [0.5, 0.6) is 0 Å². The lowest BCUT2D eigenvalue weighted by atomic mass is 10.2. The first-order valence-electron chi connectivity index (χ1n) is 4.23. The molecule has 1 aromatic carbocycles. The van der Waals surface area contributed by atoms with Crippen molar-refractivity contribution in [1.82, 2.24) is 0 Å². The molecule has 0 saturated carbocycles. The molecular formula is C10H8BrNOS. The Bertz CT molecular complexity index is 384. The van der Waals surface area contributed by atoms with E-state index in [1.807, 2.05) is 18.2 Å². The minimum atomic E-state index is 0.569. The molecule has 0 atom stereocenters. The normalized spacial score (nSPS) is 16.0. The zero-order chi connectivity index (χ0) is 9.97. The minimum absolute atomic E-state index is 0.569. The van der Waals surface area contributed by atoms with Gasteiger partial charge < -0.3 is 4.74 Å². The molecular weight excluding hydrogens is 262 g/mol. The SMILES string of the molecule is N#Cc1ccc(SC2COC2)c(Br)c1. The lowest BCUT2D eigenvalue weighted by Crippen LogP contribution is -2.30. The van der Waals surface area contributed by atoms with Gasteiger partial charge in [0.2, 0.25) is 0 Å². The largest absolute Gasteiger partial charge is 0.379 e. The quantitative estimate of drug-likeness (QED) is 0.828. The van der Waals surface area contributed by atoms with Crippen molar-refractivity contribution in [2.45, 2.75) is 10.1 Å². The van der Waals surface area contributed by atoms with Crippen molar-refractivity contribution in [1.29, 1.82) is 5.26 Å². The molecule has 0 aliphatic carbocycles. The summed E-state index contributed by atoms with van der Waals surface area (Å²) in [5.74, 6) is 0. The number of nitriles is 1. The van der Waals surface area contributed by atoms with E-state index in [1.165, 1.54) is 4.90 Å². The van der Waals surface area contributed by atoms with Crippen LogP contribution >= 0.6 is 27.7 Å². The van der Waals surface area contributed by atoms with Crippen molar-refractivity contribution in [2.24, 2.45) is 0 Å². The number of benzene rings is 1. The Morgan fingerprint density at radius 1 is 1.50 bits per heavy atom. The molecule has 0 radical (unpaired) electrons. The monoisotopic (exact) mass is 269 g/mol. The molecule has 0 bridgehead atoms. The van der Waals surface area contributed by atoms with Crippen LogP contribution in [0.3, 0.4) is 0 Å². The highest BCUT2D eigenvalue weighted by Gasteiger charge is 2.20. The van der Waals surface area contributed by atoms with Gasteiger partial charge in [-0.25, -0.2) is 0 Å². The predicted molar refractivity (Wildman–Crippen MR) is 59.3 cm³/mol. The Morgan fingerprint density at radius 3 is 2.79 bits per heavy atom. The molecule has 1 saturated heterocycles. The summed E-state index contributed by atoms with van der Waals surface area (Å²) in [6.45, 7) is 1.66. The molecule has 0 spiro atoms. The summed E-state index contributed by atoms with van der Waals surface area (Å²) in [6.07, 6.45) is 0. The lowest BCUT2D eigenvalue weighted by molar-refractivity contribution is 0.0455. The van der Waals surface area contributed by atoms with Gasteiger partial charge in [-0.2, -0.15) is 5.26 Å². The van der Waals surface area contributed by atoms with Crippen molar-refractivity contribution in [3.63, 3.8) is 0 Å². The molecule has 1 aromatic rings. The van der Waals surface area contributed by atoms with E-state index in [2.05, 4.69) is 22.0 Å². The van der Waals surface area contributed by atoms with Crippen molar-refractivity contribution >= 4 is 27.7 Å². The third kappa shape index (κ3) is 2.11. The molecule has 1 aliphatic heterocycles. The van der Waals surface area contributed by atoms with E-state index in [0.29, 0.717) is 10.8 Å². The highest BCUT2D eigenvalue weighted by Crippen LogP contribution is 2.33. The fourth-order valence-electron chi connectivity index (χ4n) is 1.13. The van der Waals surface area contributed by atoms with E-state index >= 15 is 0 Å². The molecule has 72 valence electrons. The number of ether oxygens (including phenoxy) is 1. The second-order valence-corrected chi connectivity index (χ2v) is 5.23. The van der Waals surface area contributed by atoms with Gasteiger partial charge in [0, 0.05) is 9.37 Å². The van der Waals surface area contributed by atoms with Gasteiger partial charge in [-0.15, -0.1) is 11.8 Å². The van der Waals surface area contributed by atoms with Crippen molar-refractivity contribution in [3.8, 4) is 6.07 Å². The van der Waals surface area contributed by atoms with Gasteiger partial charge in [0.05, 0.1) is 30.1 Å². The van der Waals surface area contributed by atoms with E-state index in [9.17, 15) is 0 Å². The van der Waals surface area contributed by atoms with Gasteiger partial charge in [0.15, 0.2) is 0 Å². The van der Waals surface area contributed by atoms with Crippen LogP contribution < -0.4 is 0 Å². The second kappa shape index (κ2) is 4.35. The van der Waals surface area contributed by atoms with Crippen LogP contribution in [0.15, 0.2) is 27.6 Å². The van der Waals surface area contributed by atoms with E-state index in [1.54, 1.807) is 11.8 Å². The molecule has 0 amide bonds. The number of hydrogen-bond acceptors (Lipinski definition) is 3. The molecule has 0 aromatic heterocycles. The minimum Gasteiger partial charge on any atom is -0.379 e. The van der Waals surface area contributed by atoms with Crippen molar-refractivity contribution < 1.29 is 4.74 Å². The topological polar surface area (TPSA) is 33.0 Å². The molecule has 1 aliphatic rings. The molecule has 1 heterocycles. The highest BCUT2D eigenvalue weighted by molar-refractivity contribution is 9.10. The standard InChI is InChI=1S/C10H8BrNOS/c11-9-3-7(4-12)1-2-10(9)14-8-5-13-6-8/h1-3,8H,5-6H2. The maximum absolute atomic E-state index is 8.69. The van der Waals surface area contributed by atoms with Crippen LogP contribution in [-0.4, -0.2) is 18.5 Å². The summed E-state index contributed by atoms with van der Waals surface area (Å²) in [5, 5.41) is 9.26. The predicted octanol–water partition coefficient (Wildman–Crippen LogP) is 2.81. The highest BCUT2D eigenvalue weighted by atomic mass is 79.9. The fourth-order valence-corrected chi connectivity index (χ4v) is 2.79. The number of halogens is 1. The second-order valence-electron chi connectivity index (χ2n) is 3.03. The van der Waals surface area contributed by atoms with Gasteiger partial charge in [-0.1, -0.05) is 0 Å². The molecule has 14 heavy (non-hydrogen) atoms. The summed E-state index contributed by atoms with van der Waals surface area (Å²) in [5.41, 5.74) is 0.686. The first kappa shape index (κ1) is 10.0. The van der Waals surface area contributed by atoms with Gasteiger partial charge in [0.1, 0.15) is 0 Å². The van der Waals surface area contributed by atoms with Crippen LogP contribution in [-0.2, 0) is 4.74 Å². The van der Waals surface area contributed by atoms with Crippen LogP contribution in [0.1, 0.15) is 5.56 Å². The first-order chi connectivity index (χ1) is 6.79. The average molecular weight is 270 g/mol. The maximum atomic E-state index is 8.69. The lowest BCUT2D eigenvalue weighted by Gasteiger charge is -2.25. The third-order valence-corrected chi connectivity index (χ3v) is 4.10. The first-order valence-corrected chi connectivity index (χ1v) is 5.91. The van der Waals surface area contributed by atoms with Crippen LogP contribution in [0.25, 0.3) is 0 Å². The van der Waals surface area contributed by atoms with Crippen molar-refractivity contribution in [3.05, 3.63) is 28.2 Å². The van der Waals surface area contributed by atoms with Gasteiger partial charge in [-0.05, 0) is 34.1 Å². The summed E-state index contributed by atoms with van der Waals surface area (Å²) in [7, 11) is 0. The Hall–Kier alpha value is -0.500. The smallest absolute Gasteiger partial charge is 0.0992 e. The average Bonchev–Trinajstić information content (AvgIpc) is 2.13. The van der Waals surface area contributed by atoms with Crippen LogP contribution in [0, 0.1) is 11.3 Å². The zero-order valence-electron chi connectivity index (χ0n) is 7.37. The number of thioether (sulfide) groups is 1. The number of rotatable bonds is 2. The third-order valence-electron chi connectivity index (χ3n) is 1.96. The molecule has 4 heteroatoms. The Balaban J connectivity index is 2.14. The molecule has 0 N–H and O–H groups in total. The summed E-state index contributed by atoms with van der Waals surface area (Å²) in [4.78, 5) is 1.18. The molecule has 2 nitrogen and oxygen atoms in total. The van der Waals surface area contributed by atoms with E-state index in [-0.39, 0.29) is 0 Å². The van der Waals surface area contributed by atoms with Crippen molar-refractivity contribution in [2.75, 3.05) is 13.2 Å². The molecule has 2 rings (SSSR count). The van der Waals surface area contributed by atoms with Gasteiger partial charge in [0.25, 0.3) is 0 Å². The summed E-state index contributed by atoms with van der Waals surface area (Å²) in [6, 6.07) is 7.78. The Morgan fingerprint density at radius 2 is 2.29 bits per heavy atom. The van der Waals surface area contributed by atoms with E-state index in [0.717, 1.165) is 17.7 Å². The number of nitrogens with zero attached hydrogens (tertiary/aromatic N) is 1. The fraction of sp³-hybridized carbons (Fsp3) is 0.300. The molecule has 0 unspecified atom stereocenters. The van der Waals surface area contributed by atoms with Gasteiger partial charge in [-0.3, -0.25) is 0 Å². The van der Waals surface area contributed by atoms with E-state index < -0.39 is 0 Å². The Kier molecular flexibility index (Phi) is 3.12. The zero-order valence-corrected chi connectivity index (χ0v) is 9.77. The van der Waals surface area contributed by atoms with E-state index in [4.69, 9.17) is 10.00 Å². The van der Waals surface area contributed by atoms with Crippen LogP contribution in [0.2, 0.25) is 0 Å². The number of hydrogen-bond donors (Lipinski definition) is 0. The summed E-state index contributed by atoms with van der Waals surface area (Å²) >= 11 is 5.25. The Labute approximate surface area is 95.4 Å². The molecule has 1 fully saturated rings.